The van der Waals surface area contributed by atoms with Crippen LogP contribution in [-0.2, 0) is 4.79 Å². The molecule has 34 heavy (non-hydrogen) atoms. The number of nitrogens with one attached hydrogen (secondary N) is 2. The maximum Gasteiger partial charge on any atom is 0.248 e. The van der Waals surface area contributed by atoms with Crippen molar-refractivity contribution in [3.8, 4) is 11.8 Å². The van der Waals surface area contributed by atoms with E-state index in [1.54, 1.807) is 44.2 Å². The highest BCUT2D eigenvalue weighted by Crippen LogP contribution is 2.31. The molecule has 174 valence electrons. The Balaban J connectivity index is 1.79. The highest BCUT2D eigenvalue weighted by Gasteiger charge is 2.30. The first-order chi connectivity index (χ1) is 16.3. The van der Waals surface area contributed by atoms with Crippen LogP contribution in [0.3, 0.4) is 0 Å². The minimum Gasteiger partial charge on any atom is -0.337 e. The number of carbonyl (C=O) groups excluding carboxylic acids is 1. The fraction of sp³-hybridized carbons (Fsp3) is 0.296. The lowest BCUT2D eigenvalue weighted by Crippen LogP contribution is -2.20. The van der Waals surface area contributed by atoms with Crippen LogP contribution < -0.4 is 10.6 Å². The molecule has 4 rings (SSSR count). The van der Waals surface area contributed by atoms with Crippen LogP contribution in [-0.4, -0.2) is 40.9 Å². The number of benzene rings is 2. The largest absolute Gasteiger partial charge is 0.337 e. The van der Waals surface area contributed by atoms with Crippen molar-refractivity contribution in [3.63, 3.8) is 0 Å². The van der Waals surface area contributed by atoms with Crippen LogP contribution in [0.1, 0.15) is 31.4 Å². The SMILES string of the molecule is C/C=C/C(=O)Nc1cc2c(Nc3cccc(C)c3F)ncnc2cc1C#C[C@@]1(C)CCN(C)C1. The van der Waals surface area contributed by atoms with Crippen molar-refractivity contribution in [2.75, 3.05) is 30.8 Å². The smallest absolute Gasteiger partial charge is 0.248 e. The lowest BCUT2D eigenvalue weighted by Gasteiger charge is -2.16. The first-order valence-electron chi connectivity index (χ1n) is 11.2. The van der Waals surface area contributed by atoms with Crippen LogP contribution in [0.5, 0.6) is 0 Å². The van der Waals surface area contributed by atoms with E-state index in [1.165, 1.54) is 12.4 Å². The van der Waals surface area contributed by atoms with Crippen molar-refractivity contribution in [1.82, 2.24) is 14.9 Å². The molecule has 3 aromatic rings. The zero-order valence-electron chi connectivity index (χ0n) is 19.9. The molecule has 1 atom stereocenters. The fourth-order valence-electron chi connectivity index (χ4n) is 4.12. The molecule has 1 aliphatic heterocycles. The van der Waals surface area contributed by atoms with E-state index in [0.29, 0.717) is 39.2 Å². The van der Waals surface area contributed by atoms with E-state index in [-0.39, 0.29) is 17.1 Å². The van der Waals surface area contributed by atoms with Crippen LogP contribution in [0.2, 0.25) is 0 Å². The molecule has 0 radical (unpaired) electrons. The molecule has 1 amide bonds. The molecule has 0 aliphatic carbocycles. The van der Waals surface area contributed by atoms with E-state index in [0.717, 1.165) is 19.5 Å². The predicted octanol–water partition coefficient (Wildman–Crippen LogP) is 5.03. The summed E-state index contributed by atoms with van der Waals surface area (Å²) in [4.78, 5) is 23.4. The van der Waals surface area contributed by atoms with Gasteiger partial charge in [0.15, 0.2) is 0 Å². The molecule has 6 nitrogen and oxygen atoms in total. The summed E-state index contributed by atoms with van der Waals surface area (Å²) in [6.07, 6.45) is 5.55. The average molecular weight is 458 g/mol. The minimum atomic E-state index is -0.340. The number of aromatic nitrogens is 2. The van der Waals surface area contributed by atoms with Crippen LogP contribution in [0.4, 0.5) is 21.6 Å². The highest BCUT2D eigenvalue weighted by molar-refractivity contribution is 6.03. The average Bonchev–Trinajstić information content (AvgIpc) is 3.14. The molecule has 1 aromatic heterocycles. The van der Waals surface area contributed by atoms with Gasteiger partial charge < -0.3 is 15.5 Å². The number of nitrogens with zero attached hydrogens (tertiary/aromatic N) is 3. The van der Waals surface area contributed by atoms with Crippen molar-refractivity contribution in [3.05, 3.63) is 65.8 Å². The van der Waals surface area contributed by atoms with Crippen molar-refractivity contribution in [1.29, 1.82) is 0 Å². The molecule has 1 saturated heterocycles. The van der Waals surface area contributed by atoms with E-state index < -0.39 is 0 Å². The summed E-state index contributed by atoms with van der Waals surface area (Å²) >= 11 is 0. The summed E-state index contributed by atoms with van der Waals surface area (Å²) < 4.78 is 14.6. The molecule has 2 heterocycles. The standard InChI is InChI=1S/C27H28FN5O/c1-5-7-24(34)31-22-15-20-23(14-19(22)10-11-27(3)12-13-33(4)16-27)29-17-30-26(20)32-21-9-6-8-18(2)25(21)28/h5-9,14-15,17H,12-13,16H2,1-4H3,(H,31,34)(H,29,30,32)/b7-5+/t27-/m0/s1. The quantitative estimate of drug-likeness (QED) is 0.425. The second-order valence-electron chi connectivity index (χ2n) is 8.99. The second-order valence-corrected chi connectivity index (χ2v) is 8.99. The summed E-state index contributed by atoms with van der Waals surface area (Å²) in [5.74, 6) is 6.55. The fourth-order valence-corrected chi connectivity index (χ4v) is 4.12. The van der Waals surface area contributed by atoms with E-state index in [2.05, 4.69) is 51.3 Å². The van der Waals surface area contributed by atoms with Crippen LogP contribution >= 0.6 is 0 Å². The Morgan fingerprint density at radius 2 is 2.09 bits per heavy atom. The van der Waals surface area contributed by atoms with Gasteiger partial charge in [0.25, 0.3) is 0 Å². The molecule has 2 N–H and O–H groups in total. The normalized spacial score (nSPS) is 18.1. The van der Waals surface area contributed by atoms with Crippen molar-refractivity contribution in [2.24, 2.45) is 5.41 Å². The van der Waals surface area contributed by atoms with Gasteiger partial charge in [-0.3, -0.25) is 4.79 Å². The number of hydrogen-bond acceptors (Lipinski definition) is 5. The molecule has 1 aliphatic rings. The lowest BCUT2D eigenvalue weighted by atomic mass is 9.90. The first-order valence-corrected chi connectivity index (χ1v) is 11.2. The monoisotopic (exact) mass is 457 g/mol. The molecule has 2 aromatic carbocycles. The second kappa shape index (κ2) is 9.62. The summed E-state index contributed by atoms with van der Waals surface area (Å²) in [6, 6.07) is 8.78. The zero-order valence-corrected chi connectivity index (χ0v) is 19.9. The van der Waals surface area contributed by atoms with Crippen molar-refractivity contribution >= 4 is 34.0 Å². The zero-order chi connectivity index (χ0) is 24.3. The topological polar surface area (TPSA) is 70.1 Å². The third kappa shape index (κ3) is 5.08. The van der Waals surface area contributed by atoms with Crippen LogP contribution in [0.25, 0.3) is 10.9 Å². The summed E-state index contributed by atoms with van der Waals surface area (Å²) in [5.41, 5.74) is 2.61. The van der Waals surface area contributed by atoms with E-state index in [1.807, 2.05) is 6.07 Å². The van der Waals surface area contributed by atoms with Gasteiger partial charge in [-0.1, -0.05) is 30.0 Å². The van der Waals surface area contributed by atoms with Crippen LogP contribution in [0, 0.1) is 30.0 Å². The highest BCUT2D eigenvalue weighted by atomic mass is 19.1. The number of allylic oxidation sites excluding steroid dienone is 1. The summed E-state index contributed by atoms with van der Waals surface area (Å²) in [7, 11) is 2.09. The minimum absolute atomic E-state index is 0.116. The van der Waals surface area contributed by atoms with E-state index in [9.17, 15) is 9.18 Å². The number of aryl methyl sites for hydroxylation is 1. The third-order valence-electron chi connectivity index (χ3n) is 5.96. The number of likely N-dealkylation sites (tertiary alicyclic amines) is 1. The molecule has 1 fully saturated rings. The number of carbonyl (C=O) groups is 1. The third-order valence-corrected chi connectivity index (χ3v) is 5.96. The number of rotatable bonds is 4. The number of fused-ring (bicyclic) bond motifs is 1. The van der Waals surface area contributed by atoms with E-state index in [4.69, 9.17) is 0 Å². The molecular formula is C27H28FN5O. The predicted molar refractivity (Wildman–Crippen MR) is 135 cm³/mol. The Bertz CT molecular complexity index is 1340. The van der Waals surface area contributed by atoms with Gasteiger partial charge in [0.2, 0.25) is 5.91 Å². The Kier molecular flexibility index (Phi) is 6.62. The van der Waals surface area contributed by atoms with Gasteiger partial charge in [-0.15, -0.1) is 0 Å². The van der Waals surface area contributed by atoms with Crippen molar-refractivity contribution < 1.29 is 9.18 Å². The maximum absolute atomic E-state index is 14.6. The Morgan fingerprint density at radius 1 is 1.26 bits per heavy atom. The van der Waals surface area contributed by atoms with Gasteiger partial charge in [-0.2, -0.15) is 0 Å². The van der Waals surface area contributed by atoms with Crippen molar-refractivity contribution in [2.45, 2.75) is 27.2 Å². The number of anilines is 3. The van der Waals surface area contributed by atoms with E-state index >= 15 is 0 Å². The molecule has 7 heteroatoms. The molecule has 0 spiro atoms. The summed E-state index contributed by atoms with van der Waals surface area (Å²) in [5, 5.41) is 6.64. The number of amides is 1. The molecule has 0 unspecified atom stereocenters. The van der Waals surface area contributed by atoms with Gasteiger partial charge >= 0.3 is 0 Å². The van der Waals surface area contributed by atoms with Crippen LogP contribution in [0.15, 0.2) is 48.8 Å². The van der Waals surface area contributed by atoms with Gasteiger partial charge in [-0.25, -0.2) is 14.4 Å². The maximum atomic E-state index is 14.6. The van der Waals surface area contributed by atoms with Gasteiger partial charge in [0.05, 0.1) is 22.5 Å². The lowest BCUT2D eigenvalue weighted by molar-refractivity contribution is -0.111. The van der Waals surface area contributed by atoms with Gasteiger partial charge in [0.1, 0.15) is 18.0 Å². The Morgan fingerprint density at radius 3 is 2.82 bits per heavy atom. The Hall–Kier alpha value is -3.76. The van der Waals surface area contributed by atoms with Gasteiger partial charge in [-0.05, 0) is 70.6 Å². The first kappa shape index (κ1) is 23.4. The number of hydrogen-bond donors (Lipinski definition) is 2. The molecular weight excluding hydrogens is 429 g/mol. The summed E-state index contributed by atoms with van der Waals surface area (Å²) in [6.45, 7) is 7.55. The van der Waals surface area contributed by atoms with Gasteiger partial charge in [0, 0.05) is 17.3 Å². The number of halogens is 1. The Labute approximate surface area is 199 Å². The molecule has 0 bridgehead atoms. The molecule has 0 saturated carbocycles.